The number of aliphatic carboxylic acids is 1. The number of para-hydroxylation sites is 1. The molecule has 1 aliphatic rings. The van der Waals surface area contributed by atoms with E-state index in [1.54, 1.807) is 6.08 Å². The van der Waals surface area contributed by atoms with Gasteiger partial charge in [0.2, 0.25) is 0 Å². The second-order valence-electron chi connectivity index (χ2n) is 6.38. The van der Waals surface area contributed by atoms with E-state index in [0.29, 0.717) is 6.54 Å². The minimum absolute atomic E-state index is 0.230. The van der Waals surface area contributed by atoms with Crippen molar-refractivity contribution >= 4 is 45.9 Å². The van der Waals surface area contributed by atoms with Crippen LogP contribution >= 0.6 is 11.8 Å². The number of carboxylic acid groups (broad SMARTS) is 1. The fourth-order valence-electron chi connectivity index (χ4n) is 3.21. The molecule has 0 bridgehead atoms. The molecular weight excluding hydrogens is 376 g/mol. The van der Waals surface area contributed by atoms with Crippen molar-refractivity contribution in [3.63, 3.8) is 0 Å². The number of benzene rings is 2. The minimum atomic E-state index is -1.22. The molecule has 6 nitrogen and oxygen atoms in total. The van der Waals surface area contributed by atoms with Crippen LogP contribution in [-0.4, -0.2) is 38.2 Å². The molecule has 0 radical (unpaired) electrons. The maximum atomic E-state index is 12.4. The Morgan fingerprint density at radius 3 is 2.50 bits per heavy atom. The largest absolute Gasteiger partial charge is 0.480 e. The van der Waals surface area contributed by atoms with Crippen LogP contribution < -0.4 is 0 Å². The number of hydrogen-bond donors (Lipinski definition) is 1. The Balaban J connectivity index is 1.72. The SMILES string of the molecule is O=C(O)CN1C(=O)S/C(=C/c2cn(Cc3ccccc3)c3ccccc23)C1=O. The highest BCUT2D eigenvalue weighted by Crippen LogP contribution is 2.34. The minimum Gasteiger partial charge on any atom is -0.480 e. The van der Waals surface area contributed by atoms with E-state index in [0.717, 1.165) is 38.7 Å². The van der Waals surface area contributed by atoms with Gasteiger partial charge < -0.3 is 9.67 Å². The Morgan fingerprint density at radius 1 is 1.04 bits per heavy atom. The number of amides is 2. The Hall–Kier alpha value is -3.32. The summed E-state index contributed by atoms with van der Waals surface area (Å²) in [5.41, 5.74) is 2.98. The molecule has 2 heterocycles. The summed E-state index contributed by atoms with van der Waals surface area (Å²) in [6.45, 7) is 0.0491. The number of hydrogen-bond acceptors (Lipinski definition) is 4. The molecule has 1 fully saturated rings. The van der Waals surface area contributed by atoms with Crippen LogP contribution in [0.2, 0.25) is 0 Å². The van der Waals surface area contributed by atoms with E-state index in [-0.39, 0.29) is 4.91 Å². The summed E-state index contributed by atoms with van der Waals surface area (Å²) >= 11 is 0.766. The quantitative estimate of drug-likeness (QED) is 0.668. The van der Waals surface area contributed by atoms with E-state index >= 15 is 0 Å². The second kappa shape index (κ2) is 7.36. The molecule has 1 N–H and O–H groups in total. The Morgan fingerprint density at radius 2 is 1.75 bits per heavy atom. The zero-order valence-corrected chi connectivity index (χ0v) is 15.6. The van der Waals surface area contributed by atoms with Crippen LogP contribution in [0.1, 0.15) is 11.1 Å². The van der Waals surface area contributed by atoms with Crippen LogP contribution in [0, 0.1) is 0 Å². The van der Waals surface area contributed by atoms with Crippen LogP contribution in [-0.2, 0) is 16.1 Å². The summed E-state index contributed by atoms with van der Waals surface area (Å²) in [7, 11) is 0. The third-order valence-electron chi connectivity index (χ3n) is 4.47. The molecule has 4 rings (SSSR count). The number of thioether (sulfide) groups is 1. The van der Waals surface area contributed by atoms with Crippen LogP contribution in [0.3, 0.4) is 0 Å². The van der Waals surface area contributed by atoms with Gasteiger partial charge >= 0.3 is 5.97 Å². The van der Waals surface area contributed by atoms with E-state index in [1.165, 1.54) is 0 Å². The van der Waals surface area contributed by atoms with Gasteiger partial charge in [0.15, 0.2) is 0 Å². The van der Waals surface area contributed by atoms with Gasteiger partial charge in [-0.2, -0.15) is 0 Å². The number of rotatable bonds is 5. The molecule has 0 saturated carbocycles. The molecule has 0 aliphatic carbocycles. The van der Waals surface area contributed by atoms with Crippen molar-refractivity contribution in [1.29, 1.82) is 0 Å². The molecule has 1 saturated heterocycles. The Bertz CT molecular complexity index is 1120. The first-order valence-electron chi connectivity index (χ1n) is 8.62. The zero-order valence-electron chi connectivity index (χ0n) is 14.7. The smallest absolute Gasteiger partial charge is 0.323 e. The van der Waals surface area contributed by atoms with Gasteiger partial charge in [-0.3, -0.25) is 19.3 Å². The lowest BCUT2D eigenvalue weighted by Gasteiger charge is -2.07. The van der Waals surface area contributed by atoms with Gasteiger partial charge in [0, 0.05) is 29.2 Å². The van der Waals surface area contributed by atoms with Crippen molar-refractivity contribution in [1.82, 2.24) is 9.47 Å². The fraction of sp³-hybridized carbons (Fsp3) is 0.0952. The van der Waals surface area contributed by atoms with E-state index in [1.807, 2.05) is 60.8 Å². The van der Waals surface area contributed by atoms with Crippen LogP contribution in [0.25, 0.3) is 17.0 Å². The Kier molecular flexibility index (Phi) is 4.75. The summed E-state index contributed by atoms with van der Waals surface area (Å²) in [5, 5.41) is 9.29. The molecule has 3 aromatic rings. The summed E-state index contributed by atoms with van der Waals surface area (Å²) in [6, 6.07) is 17.9. The number of carbonyl (C=O) groups excluding carboxylic acids is 2. The molecule has 0 spiro atoms. The molecule has 0 atom stereocenters. The molecule has 28 heavy (non-hydrogen) atoms. The van der Waals surface area contributed by atoms with Gasteiger partial charge in [-0.15, -0.1) is 0 Å². The van der Waals surface area contributed by atoms with Crippen LogP contribution in [0.5, 0.6) is 0 Å². The highest BCUT2D eigenvalue weighted by atomic mass is 32.2. The lowest BCUT2D eigenvalue weighted by atomic mass is 10.1. The standard InChI is InChI=1S/C21H16N2O4S/c24-19(25)13-23-20(26)18(28-21(23)27)10-15-12-22(11-14-6-2-1-3-7-14)17-9-5-4-8-16(15)17/h1-10,12H,11,13H2,(H,24,25)/b18-10+. The first-order chi connectivity index (χ1) is 13.5. The van der Waals surface area contributed by atoms with Crippen LogP contribution in [0.15, 0.2) is 65.7 Å². The number of aromatic nitrogens is 1. The van der Waals surface area contributed by atoms with E-state index in [4.69, 9.17) is 5.11 Å². The molecule has 2 amide bonds. The van der Waals surface area contributed by atoms with Crippen LogP contribution in [0.4, 0.5) is 4.79 Å². The first kappa shape index (κ1) is 18.1. The van der Waals surface area contributed by atoms with Gasteiger partial charge in [0.1, 0.15) is 6.54 Å². The highest BCUT2D eigenvalue weighted by Gasteiger charge is 2.36. The number of fused-ring (bicyclic) bond motifs is 1. The zero-order chi connectivity index (χ0) is 19.7. The molecule has 2 aromatic carbocycles. The topological polar surface area (TPSA) is 79.6 Å². The van der Waals surface area contributed by atoms with Crippen molar-refractivity contribution in [3.8, 4) is 0 Å². The molecule has 0 unspecified atom stereocenters. The first-order valence-corrected chi connectivity index (χ1v) is 9.43. The number of carbonyl (C=O) groups is 3. The summed E-state index contributed by atoms with van der Waals surface area (Å²) in [4.78, 5) is 36.3. The van der Waals surface area contributed by atoms with E-state index in [2.05, 4.69) is 4.57 Å². The average Bonchev–Trinajstić information content (AvgIpc) is 3.15. The third-order valence-corrected chi connectivity index (χ3v) is 5.38. The maximum absolute atomic E-state index is 12.4. The number of carboxylic acids is 1. The van der Waals surface area contributed by atoms with E-state index < -0.39 is 23.7 Å². The van der Waals surface area contributed by atoms with Gasteiger partial charge in [-0.1, -0.05) is 48.5 Å². The predicted molar refractivity (Wildman–Crippen MR) is 108 cm³/mol. The molecule has 1 aliphatic heterocycles. The molecular formula is C21H16N2O4S. The predicted octanol–water partition coefficient (Wildman–Crippen LogP) is 3.81. The lowest BCUT2D eigenvalue weighted by molar-refractivity contribution is -0.140. The number of imide groups is 1. The summed E-state index contributed by atoms with van der Waals surface area (Å²) in [5.74, 6) is -1.79. The maximum Gasteiger partial charge on any atom is 0.323 e. The van der Waals surface area contributed by atoms with Gasteiger partial charge in [0.05, 0.1) is 4.91 Å². The fourth-order valence-corrected chi connectivity index (χ4v) is 4.04. The van der Waals surface area contributed by atoms with Crippen molar-refractivity contribution < 1.29 is 19.5 Å². The monoisotopic (exact) mass is 392 g/mol. The Labute approximate surface area is 165 Å². The van der Waals surface area contributed by atoms with Gasteiger partial charge in [-0.25, -0.2) is 0 Å². The second-order valence-corrected chi connectivity index (χ2v) is 7.37. The highest BCUT2D eigenvalue weighted by molar-refractivity contribution is 8.18. The molecule has 7 heteroatoms. The van der Waals surface area contributed by atoms with Gasteiger partial charge in [0.25, 0.3) is 11.1 Å². The normalized spacial score (nSPS) is 15.7. The summed E-state index contributed by atoms with van der Waals surface area (Å²) in [6.07, 6.45) is 3.61. The molecule has 140 valence electrons. The number of nitrogens with zero attached hydrogens (tertiary/aromatic N) is 2. The van der Waals surface area contributed by atoms with Crippen molar-refractivity contribution in [3.05, 3.63) is 76.8 Å². The van der Waals surface area contributed by atoms with Crippen molar-refractivity contribution in [2.24, 2.45) is 0 Å². The third kappa shape index (κ3) is 3.44. The van der Waals surface area contributed by atoms with Crippen molar-refractivity contribution in [2.75, 3.05) is 6.54 Å². The van der Waals surface area contributed by atoms with Gasteiger partial charge in [-0.05, 0) is 29.5 Å². The molecule has 1 aromatic heterocycles. The average molecular weight is 392 g/mol. The lowest BCUT2D eigenvalue weighted by Crippen LogP contribution is -2.33. The summed E-state index contributed by atoms with van der Waals surface area (Å²) < 4.78 is 2.10. The van der Waals surface area contributed by atoms with E-state index in [9.17, 15) is 14.4 Å². The van der Waals surface area contributed by atoms with Crippen molar-refractivity contribution in [2.45, 2.75) is 6.54 Å².